The minimum absolute atomic E-state index is 0.0256. The van der Waals surface area contributed by atoms with E-state index >= 15 is 0 Å². The van der Waals surface area contributed by atoms with Gasteiger partial charge in [-0.1, -0.05) is 0 Å². The Labute approximate surface area is 113 Å². The van der Waals surface area contributed by atoms with Crippen LogP contribution in [0.2, 0.25) is 5.28 Å². The number of rotatable bonds is 2. The molecule has 0 radical (unpaired) electrons. The minimum Gasteiger partial charge on any atom is -0.332 e. The fourth-order valence-electron chi connectivity index (χ4n) is 2.09. The van der Waals surface area contributed by atoms with E-state index in [2.05, 4.69) is 15.0 Å². The Morgan fingerprint density at radius 3 is 3.00 bits per heavy atom. The molecule has 0 atom stereocenters. The fourth-order valence-corrected chi connectivity index (χ4v) is 2.22. The lowest BCUT2D eigenvalue weighted by molar-refractivity contribution is 0.618. The summed E-state index contributed by atoms with van der Waals surface area (Å²) in [6, 6.07) is 3.70. The zero-order valence-electron chi connectivity index (χ0n) is 10.1. The Morgan fingerprint density at radius 2 is 2.21 bits per heavy atom. The Kier molecular flexibility index (Phi) is 2.91. The number of aryl methyl sites for hydroxylation is 1. The van der Waals surface area contributed by atoms with Crippen molar-refractivity contribution in [1.29, 1.82) is 0 Å². The van der Waals surface area contributed by atoms with Gasteiger partial charge in [0.2, 0.25) is 5.28 Å². The number of hydrogen-bond donors (Lipinski definition) is 0. The molecule has 3 aromatic heterocycles. The predicted octanol–water partition coefficient (Wildman–Crippen LogP) is 3.31. The molecule has 3 heterocycles. The minimum atomic E-state index is -0.497. The van der Waals surface area contributed by atoms with Gasteiger partial charge < -0.3 is 4.57 Å². The standard InChI is InChI=1S/C13H10ClFN4/c1-2-19-7-9(8-4-3-5-16-12(8)19)11-10(15)6-17-13(14)18-11/h3-7H,2H2,1H3. The van der Waals surface area contributed by atoms with Gasteiger partial charge in [0.05, 0.1) is 6.20 Å². The molecule has 0 amide bonds. The van der Waals surface area contributed by atoms with Crippen LogP contribution in [0, 0.1) is 5.82 Å². The molecule has 0 saturated carbocycles. The molecular weight excluding hydrogens is 267 g/mol. The van der Waals surface area contributed by atoms with Crippen LogP contribution < -0.4 is 0 Å². The Hall–Kier alpha value is -2.01. The maximum absolute atomic E-state index is 13.9. The fraction of sp³-hybridized carbons (Fsp3) is 0.154. The third kappa shape index (κ3) is 1.96. The van der Waals surface area contributed by atoms with Crippen LogP contribution in [0.1, 0.15) is 6.92 Å². The van der Waals surface area contributed by atoms with E-state index in [4.69, 9.17) is 11.6 Å². The summed E-state index contributed by atoms with van der Waals surface area (Å²) in [5, 5.41) is 0.871. The van der Waals surface area contributed by atoms with Gasteiger partial charge in [0.25, 0.3) is 0 Å². The molecule has 0 saturated heterocycles. The first-order valence-corrected chi connectivity index (χ1v) is 6.20. The highest BCUT2D eigenvalue weighted by molar-refractivity contribution is 6.28. The summed E-state index contributed by atoms with van der Waals surface area (Å²) in [4.78, 5) is 11.9. The molecule has 0 bridgehead atoms. The van der Waals surface area contributed by atoms with Crippen molar-refractivity contribution in [3.8, 4) is 11.3 Å². The van der Waals surface area contributed by atoms with Crippen molar-refractivity contribution in [2.24, 2.45) is 0 Å². The smallest absolute Gasteiger partial charge is 0.223 e. The largest absolute Gasteiger partial charge is 0.332 e. The molecule has 0 spiro atoms. The molecule has 0 N–H and O–H groups in total. The molecule has 0 aromatic carbocycles. The van der Waals surface area contributed by atoms with E-state index in [1.54, 1.807) is 6.20 Å². The summed E-state index contributed by atoms with van der Waals surface area (Å²) >= 11 is 5.75. The molecule has 3 aromatic rings. The average molecular weight is 277 g/mol. The Morgan fingerprint density at radius 1 is 1.37 bits per heavy atom. The van der Waals surface area contributed by atoms with Gasteiger partial charge in [-0.3, -0.25) is 0 Å². The molecular formula is C13H10ClFN4. The molecule has 0 unspecified atom stereocenters. The maximum Gasteiger partial charge on any atom is 0.223 e. The van der Waals surface area contributed by atoms with Crippen molar-refractivity contribution in [1.82, 2.24) is 19.5 Å². The molecule has 96 valence electrons. The van der Waals surface area contributed by atoms with E-state index in [1.165, 1.54) is 0 Å². The summed E-state index contributed by atoms with van der Waals surface area (Å²) < 4.78 is 15.8. The normalized spacial score (nSPS) is 11.1. The Bertz CT molecular complexity index is 753. The monoisotopic (exact) mass is 276 g/mol. The van der Waals surface area contributed by atoms with Crippen molar-refractivity contribution in [3.05, 3.63) is 41.8 Å². The van der Waals surface area contributed by atoms with Gasteiger partial charge >= 0.3 is 0 Å². The predicted molar refractivity (Wildman–Crippen MR) is 71.4 cm³/mol. The van der Waals surface area contributed by atoms with Crippen LogP contribution in [0.15, 0.2) is 30.7 Å². The lowest BCUT2D eigenvalue weighted by Crippen LogP contribution is -1.93. The van der Waals surface area contributed by atoms with Crippen molar-refractivity contribution in [3.63, 3.8) is 0 Å². The number of nitrogens with zero attached hydrogens (tertiary/aromatic N) is 4. The zero-order chi connectivity index (χ0) is 13.4. The molecule has 4 nitrogen and oxygen atoms in total. The average Bonchev–Trinajstić information content (AvgIpc) is 2.80. The second-order valence-electron chi connectivity index (χ2n) is 4.04. The number of hydrogen-bond acceptors (Lipinski definition) is 3. The van der Waals surface area contributed by atoms with E-state index in [0.717, 1.165) is 23.8 Å². The van der Waals surface area contributed by atoms with E-state index in [9.17, 15) is 4.39 Å². The van der Waals surface area contributed by atoms with Crippen LogP contribution in [0.4, 0.5) is 4.39 Å². The van der Waals surface area contributed by atoms with Crippen LogP contribution in [-0.4, -0.2) is 19.5 Å². The van der Waals surface area contributed by atoms with Gasteiger partial charge in [0.15, 0.2) is 5.82 Å². The summed E-state index contributed by atoms with van der Waals surface area (Å²) in [6.45, 7) is 2.75. The number of fused-ring (bicyclic) bond motifs is 1. The maximum atomic E-state index is 13.9. The highest BCUT2D eigenvalue weighted by atomic mass is 35.5. The molecule has 19 heavy (non-hydrogen) atoms. The van der Waals surface area contributed by atoms with Crippen LogP contribution in [0.3, 0.4) is 0 Å². The third-order valence-electron chi connectivity index (χ3n) is 2.94. The Balaban J connectivity index is 2.33. The molecule has 0 aliphatic heterocycles. The summed E-state index contributed by atoms with van der Waals surface area (Å²) in [7, 11) is 0. The molecule has 6 heteroatoms. The molecule has 0 aliphatic rings. The van der Waals surface area contributed by atoms with Crippen LogP contribution >= 0.6 is 11.6 Å². The van der Waals surface area contributed by atoms with Gasteiger partial charge in [-0.05, 0) is 30.7 Å². The van der Waals surface area contributed by atoms with Gasteiger partial charge in [-0.2, -0.15) is 0 Å². The highest BCUT2D eigenvalue weighted by Gasteiger charge is 2.15. The first-order chi connectivity index (χ1) is 9.20. The van der Waals surface area contributed by atoms with Crippen molar-refractivity contribution in [2.45, 2.75) is 13.5 Å². The third-order valence-corrected chi connectivity index (χ3v) is 3.13. The molecule has 0 fully saturated rings. The van der Waals surface area contributed by atoms with E-state index in [0.29, 0.717) is 5.56 Å². The van der Waals surface area contributed by atoms with Gasteiger partial charge in [-0.15, -0.1) is 0 Å². The van der Waals surface area contributed by atoms with Crippen LogP contribution in [0.25, 0.3) is 22.3 Å². The quantitative estimate of drug-likeness (QED) is 0.675. The number of halogens is 2. The van der Waals surface area contributed by atoms with Crippen LogP contribution in [0.5, 0.6) is 0 Å². The SMILES string of the molecule is CCn1cc(-c2nc(Cl)ncc2F)c2cccnc21. The number of pyridine rings is 1. The lowest BCUT2D eigenvalue weighted by Gasteiger charge is -2.00. The topological polar surface area (TPSA) is 43.6 Å². The van der Waals surface area contributed by atoms with E-state index in [1.807, 2.05) is 29.8 Å². The second-order valence-corrected chi connectivity index (χ2v) is 4.38. The van der Waals surface area contributed by atoms with Gasteiger partial charge in [-0.25, -0.2) is 19.3 Å². The number of aromatic nitrogens is 4. The first-order valence-electron chi connectivity index (χ1n) is 5.83. The second kappa shape index (κ2) is 4.59. The van der Waals surface area contributed by atoms with Crippen LogP contribution in [-0.2, 0) is 6.54 Å². The van der Waals surface area contributed by atoms with E-state index in [-0.39, 0.29) is 11.0 Å². The van der Waals surface area contributed by atoms with Crippen molar-refractivity contribution >= 4 is 22.6 Å². The van der Waals surface area contributed by atoms with Crippen molar-refractivity contribution < 1.29 is 4.39 Å². The van der Waals surface area contributed by atoms with Gasteiger partial charge in [0, 0.05) is 29.9 Å². The zero-order valence-corrected chi connectivity index (χ0v) is 10.9. The molecule has 3 rings (SSSR count). The summed E-state index contributed by atoms with van der Waals surface area (Å²) in [5.41, 5.74) is 1.67. The highest BCUT2D eigenvalue weighted by Crippen LogP contribution is 2.30. The van der Waals surface area contributed by atoms with Gasteiger partial charge in [0.1, 0.15) is 11.3 Å². The lowest BCUT2D eigenvalue weighted by atomic mass is 10.1. The van der Waals surface area contributed by atoms with Crippen molar-refractivity contribution in [2.75, 3.05) is 0 Å². The molecule has 0 aliphatic carbocycles. The first kappa shape index (κ1) is 12.0. The summed E-state index contributed by atoms with van der Waals surface area (Å²) in [5.74, 6) is -0.497. The summed E-state index contributed by atoms with van der Waals surface area (Å²) in [6.07, 6.45) is 4.62. The van der Waals surface area contributed by atoms with E-state index < -0.39 is 5.82 Å².